The molecule has 6 aliphatic rings. The molecule has 3 aromatic carbocycles. The normalized spacial score (nSPS) is 26.7. The van der Waals surface area contributed by atoms with Crippen LogP contribution in [0.2, 0.25) is 0 Å². The molecule has 3 saturated carbocycles. The van der Waals surface area contributed by atoms with E-state index in [-0.39, 0.29) is 82.9 Å². The van der Waals surface area contributed by atoms with Gasteiger partial charge in [-0.1, -0.05) is 44.5 Å². The number of fused-ring (bicyclic) bond motifs is 6. The zero-order valence-electron chi connectivity index (χ0n) is 42.3. The first-order chi connectivity index (χ1) is 35.1. The third kappa shape index (κ3) is 8.40. The molecule has 17 nitrogen and oxygen atoms in total. The Morgan fingerprint density at radius 3 is 2.12 bits per heavy atom. The number of likely N-dealkylation sites (tertiary alicyclic amines) is 1. The molecular weight excluding hydrogens is 1030 g/mol. The number of carbonyl (C=O) groups is 7. The zero-order valence-corrected chi connectivity index (χ0v) is 45.5. The van der Waals surface area contributed by atoms with Crippen molar-refractivity contribution in [2.24, 2.45) is 22.2 Å². The Labute approximate surface area is 443 Å². The van der Waals surface area contributed by atoms with Crippen LogP contribution in [-0.4, -0.2) is 118 Å². The van der Waals surface area contributed by atoms with Gasteiger partial charge in [0.1, 0.15) is 12.1 Å². The summed E-state index contributed by atoms with van der Waals surface area (Å²) in [6.45, 7) is 9.17. The number of carbonyl (C=O) groups excluding carboxylic acids is 7. The van der Waals surface area contributed by atoms with Crippen LogP contribution in [0.25, 0.3) is 21.7 Å². The third-order valence-corrected chi connectivity index (χ3v) is 19.0. The molecule has 1 spiro atoms. The van der Waals surface area contributed by atoms with E-state index in [2.05, 4.69) is 20.9 Å². The van der Waals surface area contributed by atoms with Gasteiger partial charge in [-0.3, -0.25) is 38.5 Å². The van der Waals surface area contributed by atoms with Crippen molar-refractivity contribution < 1.29 is 47.5 Å². The van der Waals surface area contributed by atoms with Gasteiger partial charge in [-0.15, -0.1) is 23.2 Å². The van der Waals surface area contributed by atoms with Gasteiger partial charge in [0.05, 0.1) is 33.0 Å². The van der Waals surface area contributed by atoms with Gasteiger partial charge in [-0.25, -0.2) is 4.57 Å². The van der Waals surface area contributed by atoms with Crippen molar-refractivity contribution in [3.8, 4) is 5.75 Å². The predicted molar refractivity (Wildman–Crippen MR) is 286 cm³/mol. The smallest absolute Gasteiger partial charge is 0.373 e. The van der Waals surface area contributed by atoms with Gasteiger partial charge in [0.15, 0.2) is 5.75 Å². The topological polar surface area (TPSA) is 228 Å². The summed E-state index contributed by atoms with van der Waals surface area (Å²) in [5.41, 5.74) is 2.91. The highest BCUT2D eigenvalue weighted by atomic mass is 35.5. The second-order valence-corrected chi connectivity index (χ2v) is 25.2. The maximum Gasteiger partial charge on any atom is 0.373 e. The second kappa shape index (κ2) is 19.2. The average Bonchev–Trinajstić information content (AvgIpc) is 3.55. The van der Waals surface area contributed by atoms with Crippen LogP contribution in [0.15, 0.2) is 42.6 Å². The number of hydrogen-bond acceptors (Lipinski definition) is 10. The van der Waals surface area contributed by atoms with E-state index in [0.717, 1.165) is 39.5 Å². The summed E-state index contributed by atoms with van der Waals surface area (Å²) in [6, 6.07) is 9.11. The van der Waals surface area contributed by atoms with Gasteiger partial charge < -0.3 is 40.2 Å². The van der Waals surface area contributed by atoms with Crippen LogP contribution in [0.5, 0.6) is 5.75 Å². The van der Waals surface area contributed by atoms with Crippen molar-refractivity contribution in [2.75, 3.05) is 59.4 Å². The number of alkyl halides is 2. The minimum absolute atomic E-state index is 0.0795. The molecule has 3 aliphatic heterocycles. The molecule has 4 heterocycles. The molecule has 4 fully saturated rings. The van der Waals surface area contributed by atoms with Crippen molar-refractivity contribution in [3.63, 3.8) is 0 Å². The Bertz CT molecular complexity index is 3130. The standard InChI is InChI=1S/C53H62Cl2N7O10PS/c1-27(2)44(59-39(63)14-8-7-11-15-60-40(64)18-38(74-6)48(60)67)47(66)57-29(4)46(65)58-34-16-35-42(33-13-10-9-12-32(33)34)30(19-54)22-61(35)49(68)51-24-52(26-53(51,52)25-51)50(69)62-23-31(20-55)43-36(62)17-37(72-73(5,70)71)45-41(43)28(3)21-56-45/h9-10,12-13,16-17,21,27,29-31,38,44,56H,7-8,11,14-15,18-20,22-26H2,1-6H3,(H,57,66)(H,58,65)(H,59,63)(H,70,71)/t29-,30+,31+,38?,44-,51?,52?,53?/m0/s1. The Kier molecular flexibility index (Phi) is 13.5. The Morgan fingerprint density at radius 2 is 1.53 bits per heavy atom. The minimum atomic E-state index is -3.97. The van der Waals surface area contributed by atoms with Crippen molar-refractivity contribution in [3.05, 3.63) is 59.3 Å². The Balaban J connectivity index is 0.813. The molecule has 21 heteroatoms. The lowest BCUT2D eigenvalue weighted by Crippen LogP contribution is -2.53. The molecule has 10 rings (SSSR count). The van der Waals surface area contributed by atoms with E-state index in [1.54, 1.807) is 42.8 Å². The molecule has 1 saturated heterocycles. The first-order valence-corrected chi connectivity index (χ1v) is 29.8. The molecule has 9 atom stereocenters. The van der Waals surface area contributed by atoms with Crippen LogP contribution in [0.4, 0.5) is 17.1 Å². The van der Waals surface area contributed by atoms with Crippen LogP contribution in [0, 0.1) is 29.1 Å². The van der Waals surface area contributed by atoms with E-state index >= 15 is 4.79 Å². The van der Waals surface area contributed by atoms with Gasteiger partial charge in [-0.05, 0) is 86.3 Å². The fourth-order valence-electron chi connectivity index (χ4n) is 13.0. The molecule has 394 valence electrons. The largest absolute Gasteiger partial charge is 0.422 e. The molecule has 0 bridgehead atoms. The number of anilines is 3. The number of H-pyrrole nitrogens is 1. The summed E-state index contributed by atoms with van der Waals surface area (Å²) in [7, 11) is -3.97. The molecular formula is C53H62Cl2N7O10PS. The number of nitrogens with one attached hydrogen (secondary N) is 4. The zero-order chi connectivity index (χ0) is 53.0. The summed E-state index contributed by atoms with van der Waals surface area (Å²) in [6.07, 6.45) is 7.16. The molecule has 4 aromatic rings. The number of hydrogen-bond donors (Lipinski definition) is 5. The summed E-state index contributed by atoms with van der Waals surface area (Å²) < 4.78 is 18.1. The van der Waals surface area contributed by atoms with Crippen LogP contribution in [0.1, 0.15) is 101 Å². The number of rotatable bonds is 19. The second-order valence-electron chi connectivity index (χ2n) is 21.8. The lowest BCUT2D eigenvalue weighted by Gasteiger charge is -2.37. The van der Waals surface area contributed by atoms with E-state index in [1.807, 2.05) is 43.5 Å². The van der Waals surface area contributed by atoms with Crippen molar-refractivity contribution in [1.82, 2.24) is 20.5 Å². The van der Waals surface area contributed by atoms with Gasteiger partial charge in [0.2, 0.25) is 41.4 Å². The molecule has 1 aromatic heterocycles. The van der Waals surface area contributed by atoms with E-state index in [4.69, 9.17) is 27.7 Å². The predicted octanol–water partition coefficient (Wildman–Crippen LogP) is 7.67. The SMILES string of the molecule is CSC1CC(=O)N(CCCCCC(=O)N[C@H](C(=O)N[C@@H](C)C(=O)Nc2cc3c(c4ccccc24)[C@H](CCl)CN3C(=O)C23CC4(C(=O)N5C[C@@H](CCl)c6c5cc(OP(C)(=O)O)c5[nH]cc(C)c65)CC24C3)C(C)C)C1=O. The summed E-state index contributed by atoms with van der Waals surface area (Å²) >= 11 is 14.6. The van der Waals surface area contributed by atoms with Crippen LogP contribution in [-0.2, 0) is 38.1 Å². The molecule has 0 radical (unpaired) electrons. The van der Waals surface area contributed by atoms with E-state index in [9.17, 15) is 38.2 Å². The third-order valence-electron chi connectivity index (χ3n) is 16.8. The first kappa shape index (κ1) is 52.3. The quantitative estimate of drug-likeness (QED) is 0.0265. The van der Waals surface area contributed by atoms with Gasteiger partial charge >= 0.3 is 7.60 Å². The summed E-state index contributed by atoms with van der Waals surface area (Å²) in [5, 5.41) is 10.7. The minimum Gasteiger partial charge on any atom is -0.422 e. The van der Waals surface area contributed by atoms with Crippen LogP contribution in [0.3, 0.4) is 0 Å². The monoisotopic (exact) mass is 1090 g/mol. The lowest BCUT2D eigenvalue weighted by molar-refractivity contribution is -0.138. The van der Waals surface area contributed by atoms with E-state index < -0.39 is 47.7 Å². The van der Waals surface area contributed by atoms with Gasteiger partial charge in [0.25, 0.3) is 0 Å². The summed E-state index contributed by atoms with van der Waals surface area (Å²) in [4.78, 5) is 114. The first-order valence-electron chi connectivity index (χ1n) is 25.4. The number of amides is 7. The molecule has 3 aliphatic carbocycles. The molecule has 5 unspecified atom stereocenters. The number of aromatic nitrogens is 1. The van der Waals surface area contributed by atoms with Gasteiger partial charge in [0, 0.05) is 96.9 Å². The van der Waals surface area contributed by atoms with E-state index in [1.165, 1.54) is 16.7 Å². The molecule has 5 N–H and O–H groups in total. The Morgan fingerprint density at radius 1 is 0.892 bits per heavy atom. The molecule has 74 heavy (non-hydrogen) atoms. The number of benzene rings is 3. The molecule has 7 amide bonds. The van der Waals surface area contributed by atoms with Crippen molar-refractivity contribution >= 4 is 123 Å². The lowest BCUT2D eigenvalue weighted by atomic mass is 9.72. The fourth-order valence-corrected chi connectivity index (χ4v) is 14.7. The summed E-state index contributed by atoms with van der Waals surface area (Å²) in [5.74, 6) is -1.90. The Hall–Kier alpha value is -5.13. The number of thioether (sulfide) groups is 1. The van der Waals surface area contributed by atoms with Gasteiger partial charge in [-0.2, -0.15) is 11.8 Å². The van der Waals surface area contributed by atoms with Crippen LogP contribution >= 0.6 is 42.6 Å². The highest BCUT2D eigenvalue weighted by molar-refractivity contribution is 8.00. The maximum absolute atomic E-state index is 15.1. The number of aromatic amines is 1. The van der Waals surface area contributed by atoms with Crippen molar-refractivity contribution in [1.29, 1.82) is 0 Å². The highest BCUT2D eigenvalue weighted by Crippen LogP contribution is 3.01. The van der Waals surface area contributed by atoms with Crippen LogP contribution < -0.4 is 30.3 Å². The van der Waals surface area contributed by atoms with E-state index in [0.29, 0.717) is 80.7 Å². The highest BCUT2D eigenvalue weighted by Gasteiger charge is 3.01. The number of unbranched alkanes of at least 4 members (excludes halogenated alkanes) is 2. The number of nitrogens with zero attached hydrogens (tertiary/aromatic N) is 3. The average molecular weight is 1090 g/mol. The maximum atomic E-state index is 15.1. The number of halogens is 2. The number of imide groups is 1. The van der Waals surface area contributed by atoms with Crippen molar-refractivity contribution in [2.45, 2.75) is 108 Å². The fraction of sp³-hybridized carbons (Fsp3) is 0.528. The number of aryl methyl sites for hydroxylation is 1.